The number of aliphatic hydroxyl groups is 1. The normalized spacial score (nSPS) is 18.7. The van der Waals surface area contributed by atoms with Crippen molar-refractivity contribution in [2.24, 2.45) is 0 Å². The molecule has 1 heterocycles. The lowest BCUT2D eigenvalue weighted by atomic mass is 10.1. The summed E-state index contributed by atoms with van der Waals surface area (Å²) in [7, 11) is 0. The number of carbonyl (C=O) groups is 1. The molecular formula is C14H20N2O3. The van der Waals surface area contributed by atoms with Gasteiger partial charge in [-0.1, -0.05) is 19.1 Å². The average molecular weight is 264 g/mol. The second-order valence-electron chi connectivity index (χ2n) is 4.61. The molecule has 1 aliphatic rings. The first kappa shape index (κ1) is 13.7. The number of aliphatic hydroxyl groups excluding tert-OH is 1. The van der Waals surface area contributed by atoms with Crippen LogP contribution in [0.1, 0.15) is 19.8 Å². The minimum atomic E-state index is -0.525. The van der Waals surface area contributed by atoms with Gasteiger partial charge in [-0.2, -0.15) is 0 Å². The fourth-order valence-corrected chi connectivity index (χ4v) is 2.09. The van der Waals surface area contributed by atoms with E-state index >= 15 is 0 Å². The van der Waals surface area contributed by atoms with Gasteiger partial charge in [0, 0.05) is 12.6 Å². The highest BCUT2D eigenvalue weighted by Crippen LogP contribution is 2.28. The Balaban J connectivity index is 1.95. The van der Waals surface area contributed by atoms with Crippen molar-refractivity contribution in [3.63, 3.8) is 0 Å². The number of nitrogens with one attached hydrogen (secondary N) is 2. The molecule has 0 aromatic heterocycles. The number of ether oxygens (including phenoxy) is 1. The van der Waals surface area contributed by atoms with Crippen LogP contribution < -0.4 is 15.4 Å². The van der Waals surface area contributed by atoms with E-state index in [0.717, 1.165) is 12.1 Å². The second-order valence-corrected chi connectivity index (χ2v) is 4.61. The quantitative estimate of drug-likeness (QED) is 0.746. The zero-order valence-electron chi connectivity index (χ0n) is 11.1. The molecule has 0 saturated heterocycles. The summed E-state index contributed by atoms with van der Waals surface area (Å²) >= 11 is 0. The molecule has 19 heavy (non-hydrogen) atoms. The highest BCUT2D eigenvalue weighted by molar-refractivity contribution is 5.83. The minimum Gasteiger partial charge on any atom is -0.477 e. The number of carbonyl (C=O) groups excluding carboxylic acids is 1. The Kier molecular flexibility index (Phi) is 4.63. The fourth-order valence-electron chi connectivity index (χ4n) is 2.09. The van der Waals surface area contributed by atoms with Crippen LogP contribution in [-0.4, -0.2) is 36.3 Å². The molecule has 0 saturated carbocycles. The van der Waals surface area contributed by atoms with E-state index in [1.54, 1.807) is 0 Å². The number of rotatable bonds is 5. The van der Waals surface area contributed by atoms with Gasteiger partial charge in [0.05, 0.1) is 12.2 Å². The Morgan fingerprint density at radius 1 is 1.58 bits per heavy atom. The van der Waals surface area contributed by atoms with E-state index in [0.29, 0.717) is 18.7 Å². The van der Waals surface area contributed by atoms with Crippen LogP contribution in [-0.2, 0) is 4.79 Å². The van der Waals surface area contributed by atoms with Gasteiger partial charge >= 0.3 is 0 Å². The molecular weight excluding hydrogens is 244 g/mol. The maximum atomic E-state index is 12.1. The first-order chi connectivity index (χ1) is 9.24. The van der Waals surface area contributed by atoms with Gasteiger partial charge in [-0.3, -0.25) is 4.79 Å². The summed E-state index contributed by atoms with van der Waals surface area (Å²) in [5, 5.41) is 15.0. The standard InChI is InChI=1S/C14H20N2O3/c1-2-10(7-8-17)16-14(18)13-9-15-11-5-3-4-6-12(11)19-13/h3-6,10,13,15,17H,2,7-9H2,1H3,(H,16,18). The van der Waals surface area contributed by atoms with Gasteiger partial charge in [0.2, 0.25) is 0 Å². The molecule has 104 valence electrons. The van der Waals surface area contributed by atoms with Crippen molar-refractivity contribution in [2.45, 2.75) is 31.9 Å². The molecule has 2 atom stereocenters. The number of hydrogen-bond acceptors (Lipinski definition) is 4. The van der Waals surface area contributed by atoms with Crippen LogP contribution in [0.2, 0.25) is 0 Å². The van der Waals surface area contributed by atoms with Crippen molar-refractivity contribution < 1.29 is 14.6 Å². The minimum absolute atomic E-state index is 0.00160. The van der Waals surface area contributed by atoms with E-state index in [4.69, 9.17) is 9.84 Å². The van der Waals surface area contributed by atoms with Gasteiger partial charge in [0.1, 0.15) is 5.75 Å². The summed E-state index contributed by atoms with van der Waals surface area (Å²) in [4.78, 5) is 12.1. The molecule has 3 N–H and O–H groups in total. The highest BCUT2D eigenvalue weighted by atomic mass is 16.5. The van der Waals surface area contributed by atoms with E-state index in [9.17, 15) is 4.79 Å². The topological polar surface area (TPSA) is 70.6 Å². The number of benzene rings is 1. The molecule has 1 amide bonds. The van der Waals surface area contributed by atoms with Gasteiger partial charge in [0.25, 0.3) is 5.91 Å². The summed E-state index contributed by atoms with van der Waals surface area (Å²) in [6.45, 7) is 2.51. The molecule has 1 aliphatic heterocycles. The maximum Gasteiger partial charge on any atom is 0.263 e. The van der Waals surface area contributed by atoms with Crippen molar-refractivity contribution in [3.05, 3.63) is 24.3 Å². The van der Waals surface area contributed by atoms with Crippen LogP contribution in [0.4, 0.5) is 5.69 Å². The summed E-state index contributed by atoms with van der Waals surface area (Å²) < 4.78 is 5.68. The van der Waals surface area contributed by atoms with Gasteiger partial charge in [0.15, 0.2) is 6.10 Å². The van der Waals surface area contributed by atoms with Gasteiger partial charge in [-0.05, 0) is 25.0 Å². The SMILES string of the molecule is CCC(CCO)NC(=O)C1CNc2ccccc2O1. The largest absolute Gasteiger partial charge is 0.477 e. The Morgan fingerprint density at radius 3 is 3.11 bits per heavy atom. The number of hydrogen-bond donors (Lipinski definition) is 3. The molecule has 5 nitrogen and oxygen atoms in total. The molecule has 0 aliphatic carbocycles. The lowest BCUT2D eigenvalue weighted by Gasteiger charge is -2.28. The van der Waals surface area contributed by atoms with E-state index in [1.807, 2.05) is 31.2 Å². The van der Waals surface area contributed by atoms with Gasteiger partial charge in [-0.15, -0.1) is 0 Å². The Labute approximate surface area is 113 Å². The van der Waals surface area contributed by atoms with E-state index in [-0.39, 0.29) is 18.6 Å². The summed E-state index contributed by atoms with van der Waals surface area (Å²) in [6, 6.07) is 7.56. The van der Waals surface area contributed by atoms with Crippen molar-refractivity contribution in [1.82, 2.24) is 5.32 Å². The first-order valence-electron chi connectivity index (χ1n) is 6.65. The van der Waals surface area contributed by atoms with Crippen LogP contribution in [0.15, 0.2) is 24.3 Å². The van der Waals surface area contributed by atoms with Crippen molar-refractivity contribution in [3.8, 4) is 5.75 Å². The first-order valence-corrected chi connectivity index (χ1v) is 6.65. The maximum absolute atomic E-state index is 12.1. The zero-order chi connectivity index (χ0) is 13.7. The van der Waals surface area contributed by atoms with Crippen molar-refractivity contribution in [1.29, 1.82) is 0 Å². The zero-order valence-corrected chi connectivity index (χ0v) is 11.1. The average Bonchev–Trinajstić information content (AvgIpc) is 2.46. The van der Waals surface area contributed by atoms with Crippen LogP contribution in [0.25, 0.3) is 0 Å². The molecule has 0 bridgehead atoms. The summed E-state index contributed by atoms with van der Waals surface area (Å²) in [5.74, 6) is 0.561. The molecule has 5 heteroatoms. The predicted molar refractivity (Wildman–Crippen MR) is 73.3 cm³/mol. The lowest BCUT2D eigenvalue weighted by molar-refractivity contribution is -0.128. The van der Waals surface area contributed by atoms with Gasteiger partial charge in [-0.25, -0.2) is 0 Å². The molecule has 1 aromatic carbocycles. The van der Waals surface area contributed by atoms with Crippen LogP contribution >= 0.6 is 0 Å². The molecule has 1 aromatic rings. The van der Waals surface area contributed by atoms with Crippen molar-refractivity contribution in [2.75, 3.05) is 18.5 Å². The number of amides is 1. The lowest BCUT2D eigenvalue weighted by Crippen LogP contribution is -2.48. The Bertz CT molecular complexity index is 436. The molecule has 2 rings (SSSR count). The van der Waals surface area contributed by atoms with Crippen LogP contribution in [0.3, 0.4) is 0 Å². The third kappa shape index (κ3) is 3.38. The van der Waals surface area contributed by atoms with Crippen LogP contribution in [0.5, 0.6) is 5.75 Å². The smallest absolute Gasteiger partial charge is 0.263 e. The van der Waals surface area contributed by atoms with Gasteiger partial charge < -0.3 is 20.5 Å². The summed E-state index contributed by atoms with van der Waals surface area (Å²) in [6.07, 6.45) is 0.838. The Hall–Kier alpha value is -1.75. The molecule has 0 fully saturated rings. The predicted octanol–water partition coefficient (Wildman–Crippen LogP) is 1.14. The summed E-state index contributed by atoms with van der Waals surface area (Å²) in [5.41, 5.74) is 0.911. The van der Waals surface area contributed by atoms with E-state index in [2.05, 4.69) is 10.6 Å². The second kappa shape index (κ2) is 6.43. The molecule has 2 unspecified atom stereocenters. The highest BCUT2D eigenvalue weighted by Gasteiger charge is 2.26. The van der Waals surface area contributed by atoms with E-state index in [1.165, 1.54) is 0 Å². The third-order valence-electron chi connectivity index (χ3n) is 3.24. The fraction of sp³-hybridized carbons (Fsp3) is 0.500. The number of fused-ring (bicyclic) bond motifs is 1. The number of anilines is 1. The van der Waals surface area contributed by atoms with Crippen molar-refractivity contribution >= 4 is 11.6 Å². The van der Waals surface area contributed by atoms with E-state index < -0.39 is 6.10 Å². The number of para-hydroxylation sites is 2. The van der Waals surface area contributed by atoms with Crippen LogP contribution in [0, 0.1) is 0 Å². The monoisotopic (exact) mass is 264 g/mol. The Morgan fingerprint density at radius 2 is 2.37 bits per heavy atom. The molecule has 0 spiro atoms. The molecule has 0 radical (unpaired) electrons. The third-order valence-corrected chi connectivity index (χ3v) is 3.24.